The molecule has 1 aliphatic rings. The molecule has 2 aromatic heterocycles. The number of nitrogens with zero attached hydrogens (tertiary/aromatic N) is 3. The fourth-order valence-corrected chi connectivity index (χ4v) is 5.29. The zero-order chi connectivity index (χ0) is 21.6. The average Bonchev–Trinajstić information content (AvgIpc) is 3.46. The van der Waals surface area contributed by atoms with Crippen molar-refractivity contribution < 1.29 is 14.3 Å². The largest absolute Gasteiger partial charge is 0.497 e. The van der Waals surface area contributed by atoms with Crippen molar-refractivity contribution in [3.05, 3.63) is 51.5 Å². The normalized spacial score (nSPS) is 14.5. The highest BCUT2D eigenvalue weighted by molar-refractivity contribution is 7.15. The van der Waals surface area contributed by atoms with Gasteiger partial charge in [0.2, 0.25) is 0 Å². The van der Waals surface area contributed by atoms with E-state index in [1.54, 1.807) is 7.11 Å². The SMILES string of the molecule is COc1ccc(-c2csc(N(CCCN3CCOCC3)C(=O)c3sccc3C)n2)cc1. The summed E-state index contributed by atoms with van der Waals surface area (Å²) in [5.41, 5.74) is 2.90. The Kier molecular flexibility index (Phi) is 7.34. The maximum absolute atomic E-state index is 13.4. The average molecular weight is 458 g/mol. The Morgan fingerprint density at radius 3 is 2.65 bits per heavy atom. The fourth-order valence-electron chi connectivity index (χ4n) is 3.56. The van der Waals surface area contributed by atoms with Gasteiger partial charge in [-0.05, 0) is 54.6 Å². The van der Waals surface area contributed by atoms with Gasteiger partial charge < -0.3 is 9.47 Å². The molecule has 31 heavy (non-hydrogen) atoms. The minimum Gasteiger partial charge on any atom is -0.497 e. The first-order valence-electron chi connectivity index (χ1n) is 10.4. The molecule has 8 heteroatoms. The van der Waals surface area contributed by atoms with Gasteiger partial charge in [-0.2, -0.15) is 0 Å². The molecule has 0 aliphatic carbocycles. The first kappa shape index (κ1) is 22.0. The molecule has 0 radical (unpaired) electrons. The number of rotatable bonds is 8. The van der Waals surface area contributed by atoms with E-state index in [-0.39, 0.29) is 5.91 Å². The number of carbonyl (C=O) groups excluding carboxylic acids is 1. The molecule has 1 aliphatic heterocycles. The summed E-state index contributed by atoms with van der Waals surface area (Å²) in [6.45, 7) is 7.06. The third-order valence-corrected chi connectivity index (χ3v) is 7.24. The number of hydrogen-bond acceptors (Lipinski definition) is 7. The number of thiophene rings is 1. The van der Waals surface area contributed by atoms with E-state index >= 15 is 0 Å². The van der Waals surface area contributed by atoms with Crippen molar-refractivity contribution >= 4 is 33.7 Å². The lowest BCUT2D eigenvalue weighted by Crippen LogP contribution is -2.39. The van der Waals surface area contributed by atoms with Crippen LogP contribution < -0.4 is 9.64 Å². The summed E-state index contributed by atoms with van der Waals surface area (Å²) in [5, 5.41) is 4.73. The van der Waals surface area contributed by atoms with Crippen LogP contribution >= 0.6 is 22.7 Å². The maximum Gasteiger partial charge on any atom is 0.270 e. The van der Waals surface area contributed by atoms with Gasteiger partial charge in [-0.15, -0.1) is 22.7 Å². The van der Waals surface area contributed by atoms with Crippen molar-refractivity contribution in [3.63, 3.8) is 0 Å². The molecule has 1 amide bonds. The lowest BCUT2D eigenvalue weighted by molar-refractivity contribution is 0.0376. The number of thiazole rings is 1. The minimum atomic E-state index is 0.0325. The Hall–Kier alpha value is -2.26. The van der Waals surface area contributed by atoms with Crippen LogP contribution in [0.2, 0.25) is 0 Å². The third kappa shape index (κ3) is 5.33. The van der Waals surface area contributed by atoms with Gasteiger partial charge in [0.15, 0.2) is 5.13 Å². The zero-order valence-electron chi connectivity index (χ0n) is 17.9. The summed E-state index contributed by atoms with van der Waals surface area (Å²) in [6, 6.07) is 9.83. The number of aromatic nitrogens is 1. The molecule has 1 saturated heterocycles. The van der Waals surface area contributed by atoms with Crippen molar-refractivity contribution in [3.8, 4) is 17.0 Å². The molecule has 4 rings (SSSR count). The molecule has 0 atom stereocenters. The topological polar surface area (TPSA) is 54.9 Å². The second-order valence-corrected chi connectivity index (χ2v) is 9.19. The molecule has 3 heterocycles. The van der Waals surface area contributed by atoms with Crippen LogP contribution in [-0.2, 0) is 4.74 Å². The maximum atomic E-state index is 13.4. The number of ether oxygens (including phenoxy) is 2. The highest BCUT2D eigenvalue weighted by Crippen LogP contribution is 2.30. The number of benzene rings is 1. The first-order valence-corrected chi connectivity index (χ1v) is 12.2. The smallest absolute Gasteiger partial charge is 0.270 e. The molecule has 0 bridgehead atoms. The van der Waals surface area contributed by atoms with Gasteiger partial charge in [-0.3, -0.25) is 14.6 Å². The van der Waals surface area contributed by atoms with E-state index < -0.39 is 0 Å². The molecule has 0 spiro atoms. The van der Waals surface area contributed by atoms with Crippen LogP contribution in [0.5, 0.6) is 5.75 Å². The van der Waals surface area contributed by atoms with E-state index in [0.29, 0.717) is 6.54 Å². The quantitative estimate of drug-likeness (QED) is 0.496. The lowest BCUT2D eigenvalue weighted by atomic mass is 10.2. The number of morpholine rings is 1. The van der Waals surface area contributed by atoms with E-state index in [2.05, 4.69) is 4.90 Å². The van der Waals surface area contributed by atoms with E-state index in [1.165, 1.54) is 22.7 Å². The number of hydrogen-bond donors (Lipinski definition) is 0. The van der Waals surface area contributed by atoms with Gasteiger partial charge in [0.1, 0.15) is 5.75 Å². The fraction of sp³-hybridized carbons (Fsp3) is 0.391. The van der Waals surface area contributed by atoms with E-state index in [9.17, 15) is 4.79 Å². The molecule has 6 nitrogen and oxygen atoms in total. The lowest BCUT2D eigenvalue weighted by Gasteiger charge is -2.27. The Labute approximate surface area is 191 Å². The summed E-state index contributed by atoms with van der Waals surface area (Å²) in [6.07, 6.45) is 0.896. The number of amides is 1. The molecule has 1 aromatic carbocycles. The molecule has 0 saturated carbocycles. The molecule has 164 valence electrons. The number of methoxy groups -OCH3 is 1. The molecular formula is C23H27N3O3S2. The van der Waals surface area contributed by atoms with Crippen molar-refractivity contribution in [2.24, 2.45) is 0 Å². The van der Waals surface area contributed by atoms with Crippen LogP contribution in [0.25, 0.3) is 11.3 Å². The van der Waals surface area contributed by atoms with Gasteiger partial charge in [0.25, 0.3) is 5.91 Å². The van der Waals surface area contributed by atoms with Gasteiger partial charge in [-0.1, -0.05) is 0 Å². The monoisotopic (exact) mass is 457 g/mol. The Morgan fingerprint density at radius 1 is 1.19 bits per heavy atom. The minimum absolute atomic E-state index is 0.0325. The molecule has 0 N–H and O–H groups in total. The van der Waals surface area contributed by atoms with Crippen molar-refractivity contribution in [1.82, 2.24) is 9.88 Å². The van der Waals surface area contributed by atoms with E-state index in [4.69, 9.17) is 14.5 Å². The van der Waals surface area contributed by atoms with Crippen LogP contribution in [-0.4, -0.2) is 62.3 Å². The third-order valence-electron chi connectivity index (χ3n) is 5.37. The van der Waals surface area contributed by atoms with Gasteiger partial charge in [0.05, 0.1) is 30.9 Å². The second-order valence-electron chi connectivity index (χ2n) is 7.44. The zero-order valence-corrected chi connectivity index (χ0v) is 19.5. The van der Waals surface area contributed by atoms with Crippen LogP contribution in [0, 0.1) is 6.92 Å². The van der Waals surface area contributed by atoms with Gasteiger partial charge >= 0.3 is 0 Å². The predicted octanol–water partition coefficient (Wildman–Crippen LogP) is 4.56. The van der Waals surface area contributed by atoms with E-state index in [0.717, 1.165) is 71.8 Å². The summed E-state index contributed by atoms with van der Waals surface area (Å²) in [5.74, 6) is 0.845. The van der Waals surface area contributed by atoms with Gasteiger partial charge in [-0.25, -0.2) is 4.98 Å². The number of carbonyl (C=O) groups is 1. The molecule has 0 unspecified atom stereocenters. The first-order chi connectivity index (χ1) is 15.2. The Morgan fingerprint density at radius 2 is 1.97 bits per heavy atom. The van der Waals surface area contributed by atoms with Crippen molar-refractivity contribution in [1.29, 1.82) is 0 Å². The molecular weight excluding hydrogens is 430 g/mol. The van der Waals surface area contributed by atoms with E-state index in [1.807, 2.05) is 52.9 Å². The number of anilines is 1. The summed E-state index contributed by atoms with van der Waals surface area (Å²) < 4.78 is 10.7. The van der Waals surface area contributed by atoms with Crippen LogP contribution in [0.4, 0.5) is 5.13 Å². The number of aryl methyl sites for hydroxylation is 1. The summed E-state index contributed by atoms with van der Waals surface area (Å²) in [7, 11) is 1.66. The standard InChI is InChI=1S/C23H27N3O3S2/c1-17-8-15-30-21(17)22(27)26(10-3-9-25-11-13-29-14-12-25)23-24-20(16-31-23)18-4-6-19(28-2)7-5-18/h4-8,15-16H,3,9-14H2,1-2H3. The molecule has 1 fully saturated rings. The summed E-state index contributed by atoms with van der Waals surface area (Å²) in [4.78, 5) is 23.2. The highest BCUT2D eigenvalue weighted by atomic mass is 32.1. The predicted molar refractivity (Wildman–Crippen MR) is 127 cm³/mol. The Bertz CT molecular complexity index is 994. The Balaban J connectivity index is 1.52. The second kappa shape index (κ2) is 10.4. The summed E-state index contributed by atoms with van der Waals surface area (Å²) >= 11 is 3.01. The van der Waals surface area contributed by atoms with Gasteiger partial charge in [0, 0.05) is 37.1 Å². The molecule has 3 aromatic rings. The van der Waals surface area contributed by atoms with Crippen LogP contribution in [0.3, 0.4) is 0 Å². The van der Waals surface area contributed by atoms with Crippen molar-refractivity contribution in [2.75, 3.05) is 51.4 Å². The van der Waals surface area contributed by atoms with Crippen molar-refractivity contribution in [2.45, 2.75) is 13.3 Å². The highest BCUT2D eigenvalue weighted by Gasteiger charge is 2.23. The van der Waals surface area contributed by atoms with Crippen LogP contribution in [0.15, 0.2) is 41.1 Å². The van der Waals surface area contributed by atoms with Crippen LogP contribution in [0.1, 0.15) is 21.7 Å².